The highest BCUT2D eigenvalue weighted by Gasteiger charge is 2.57. The highest BCUT2D eigenvalue weighted by atomic mass is 16.5. The number of rotatable bonds is 4. The predicted molar refractivity (Wildman–Crippen MR) is 68.6 cm³/mol. The van der Waals surface area contributed by atoms with E-state index in [9.17, 15) is 0 Å². The van der Waals surface area contributed by atoms with Crippen molar-refractivity contribution in [3.63, 3.8) is 0 Å². The van der Waals surface area contributed by atoms with Crippen LogP contribution in [-0.4, -0.2) is 20.8 Å². The Balaban J connectivity index is 2.30. The first kappa shape index (κ1) is 12.2. The molecule has 3 nitrogen and oxygen atoms in total. The van der Waals surface area contributed by atoms with E-state index in [1.807, 2.05) is 6.07 Å². The minimum atomic E-state index is 0.300. The van der Waals surface area contributed by atoms with Crippen LogP contribution in [0, 0.1) is 11.3 Å². The average molecular weight is 235 g/mol. The molecule has 2 rings (SSSR count). The Labute approximate surface area is 103 Å². The van der Waals surface area contributed by atoms with Crippen LogP contribution in [0.4, 0.5) is 0 Å². The summed E-state index contributed by atoms with van der Waals surface area (Å²) in [5.74, 6) is 2.68. The summed E-state index contributed by atoms with van der Waals surface area (Å²) in [6.07, 6.45) is 0. The van der Waals surface area contributed by atoms with Gasteiger partial charge in [0.2, 0.25) is 0 Å². The zero-order valence-electron chi connectivity index (χ0n) is 11.0. The van der Waals surface area contributed by atoms with Crippen LogP contribution in [0.1, 0.15) is 25.3 Å². The van der Waals surface area contributed by atoms with Crippen LogP contribution < -0.4 is 15.2 Å². The smallest absolute Gasteiger partial charge is 0.160 e. The molecule has 2 N–H and O–H groups in total. The summed E-state index contributed by atoms with van der Waals surface area (Å²) in [6.45, 7) is 5.28. The minimum Gasteiger partial charge on any atom is -0.493 e. The molecule has 0 amide bonds. The van der Waals surface area contributed by atoms with Crippen LogP contribution in [0.15, 0.2) is 18.2 Å². The number of methoxy groups -OCH3 is 2. The van der Waals surface area contributed by atoms with E-state index in [-0.39, 0.29) is 0 Å². The van der Waals surface area contributed by atoms with Gasteiger partial charge in [-0.2, -0.15) is 0 Å². The molecule has 0 aromatic heterocycles. The fraction of sp³-hybridized carbons (Fsp3) is 0.571. The topological polar surface area (TPSA) is 44.5 Å². The van der Waals surface area contributed by atoms with E-state index in [2.05, 4.69) is 26.0 Å². The van der Waals surface area contributed by atoms with Crippen LogP contribution in [0.3, 0.4) is 0 Å². The van der Waals surface area contributed by atoms with Gasteiger partial charge in [-0.05, 0) is 41.5 Å². The Hall–Kier alpha value is -1.22. The zero-order valence-corrected chi connectivity index (χ0v) is 11.0. The van der Waals surface area contributed by atoms with Gasteiger partial charge in [0.25, 0.3) is 0 Å². The van der Waals surface area contributed by atoms with Crippen molar-refractivity contribution in [2.45, 2.75) is 19.8 Å². The van der Waals surface area contributed by atoms with Crippen LogP contribution in [0.2, 0.25) is 0 Å². The molecule has 0 heterocycles. The molecule has 0 bridgehead atoms. The van der Waals surface area contributed by atoms with Gasteiger partial charge in [-0.15, -0.1) is 0 Å². The van der Waals surface area contributed by atoms with Crippen LogP contribution >= 0.6 is 0 Å². The quantitative estimate of drug-likeness (QED) is 0.871. The molecule has 1 saturated carbocycles. The molecule has 2 atom stereocenters. The van der Waals surface area contributed by atoms with E-state index in [1.165, 1.54) is 5.56 Å². The van der Waals surface area contributed by atoms with Gasteiger partial charge in [0.1, 0.15) is 0 Å². The Morgan fingerprint density at radius 2 is 1.82 bits per heavy atom. The van der Waals surface area contributed by atoms with Crippen molar-refractivity contribution in [2.75, 3.05) is 20.8 Å². The number of benzene rings is 1. The fourth-order valence-corrected chi connectivity index (χ4v) is 2.89. The van der Waals surface area contributed by atoms with Gasteiger partial charge in [0.15, 0.2) is 11.5 Å². The van der Waals surface area contributed by atoms with Gasteiger partial charge >= 0.3 is 0 Å². The molecule has 1 aliphatic rings. The standard InChI is InChI=1S/C14H21NO2/c1-14(2)10(8-15)13(14)9-5-6-11(16-3)12(7-9)17-4/h5-7,10,13H,8,15H2,1-4H3/t10-,13-/m1/s1. The van der Waals surface area contributed by atoms with Gasteiger partial charge in [0.05, 0.1) is 14.2 Å². The number of hydrogen-bond acceptors (Lipinski definition) is 3. The van der Waals surface area contributed by atoms with E-state index in [4.69, 9.17) is 15.2 Å². The van der Waals surface area contributed by atoms with E-state index in [1.54, 1.807) is 14.2 Å². The number of hydrogen-bond donors (Lipinski definition) is 1. The normalized spacial score (nSPS) is 25.5. The molecule has 1 fully saturated rings. The molecule has 1 aromatic carbocycles. The first-order chi connectivity index (χ1) is 8.06. The third-order valence-corrected chi connectivity index (χ3v) is 4.07. The molecule has 0 spiro atoms. The predicted octanol–water partition coefficient (Wildman–Crippen LogP) is 2.40. The lowest BCUT2D eigenvalue weighted by molar-refractivity contribution is 0.354. The summed E-state index contributed by atoms with van der Waals surface area (Å²) in [4.78, 5) is 0. The molecule has 0 saturated heterocycles. The average Bonchev–Trinajstić information content (AvgIpc) is 2.90. The summed E-state index contributed by atoms with van der Waals surface area (Å²) >= 11 is 0. The molecule has 0 aliphatic heterocycles. The van der Waals surface area contributed by atoms with Crippen LogP contribution in [0.5, 0.6) is 11.5 Å². The number of ether oxygens (including phenoxy) is 2. The van der Waals surface area contributed by atoms with Crippen molar-refractivity contribution < 1.29 is 9.47 Å². The van der Waals surface area contributed by atoms with Crippen LogP contribution in [0.25, 0.3) is 0 Å². The van der Waals surface area contributed by atoms with Gasteiger partial charge in [-0.1, -0.05) is 19.9 Å². The summed E-state index contributed by atoms with van der Waals surface area (Å²) < 4.78 is 10.6. The molecule has 1 aliphatic carbocycles. The van der Waals surface area contributed by atoms with Crippen molar-refractivity contribution in [3.8, 4) is 11.5 Å². The Morgan fingerprint density at radius 3 is 2.29 bits per heavy atom. The lowest BCUT2D eigenvalue weighted by Crippen LogP contribution is -2.05. The van der Waals surface area contributed by atoms with E-state index in [0.717, 1.165) is 18.0 Å². The first-order valence-electron chi connectivity index (χ1n) is 5.98. The molecule has 3 heteroatoms. The second-order valence-corrected chi connectivity index (χ2v) is 5.26. The SMILES string of the molecule is COc1ccc([C@@H]2[C@@H](CN)C2(C)C)cc1OC. The summed E-state index contributed by atoms with van der Waals surface area (Å²) in [5, 5.41) is 0. The Morgan fingerprint density at radius 1 is 1.18 bits per heavy atom. The summed E-state index contributed by atoms with van der Waals surface area (Å²) in [5.41, 5.74) is 7.40. The molecular weight excluding hydrogens is 214 g/mol. The molecule has 0 radical (unpaired) electrons. The van der Waals surface area contributed by atoms with Crippen molar-refractivity contribution in [1.82, 2.24) is 0 Å². The first-order valence-corrected chi connectivity index (χ1v) is 5.98. The fourth-order valence-electron chi connectivity index (χ4n) is 2.89. The maximum atomic E-state index is 5.81. The second kappa shape index (κ2) is 4.22. The van der Waals surface area contributed by atoms with Crippen molar-refractivity contribution in [1.29, 1.82) is 0 Å². The summed E-state index contributed by atoms with van der Waals surface area (Å²) in [7, 11) is 3.32. The van der Waals surface area contributed by atoms with E-state index >= 15 is 0 Å². The Kier molecular flexibility index (Phi) is 3.04. The monoisotopic (exact) mass is 235 g/mol. The third kappa shape index (κ3) is 1.89. The maximum absolute atomic E-state index is 5.81. The lowest BCUT2D eigenvalue weighted by atomic mass is 10.0. The van der Waals surface area contributed by atoms with Crippen molar-refractivity contribution in [2.24, 2.45) is 17.1 Å². The molecule has 0 unspecified atom stereocenters. The van der Waals surface area contributed by atoms with Crippen molar-refractivity contribution in [3.05, 3.63) is 23.8 Å². The maximum Gasteiger partial charge on any atom is 0.160 e. The highest BCUT2D eigenvalue weighted by Crippen LogP contribution is 2.64. The molecular formula is C14H21NO2. The molecule has 1 aromatic rings. The molecule has 94 valence electrons. The van der Waals surface area contributed by atoms with Crippen LogP contribution in [-0.2, 0) is 0 Å². The zero-order chi connectivity index (χ0) is 12.6. The van der Waals surface area contributed by atoms with E-state index in [0.29, 0.717) is 17.3 Å². The largest absolute Gasteiger partial charge is 0.493 e. The Bertz CT molecular complexity index is 415. The number of nitrogens with two attached hydrogens (primary N) is 1. The van der Waals surface area contributed by atoms with Gasteiger partial charge < -0.3 is 15.2 Å². The minimum absolute atomic E-state index is 0.300. The van der Waals surface area contributed by atoms with Gasteiger partial charge in [-0.3, -0.25) is 0 Å². The van der Waals surface area contributed by atoms with Gasteiger partial charge in [0, 0.05) is 0 Å². The van der Waals surface area contributed by atoms with E-state index < -0.39 is 0 Å². The highest BCUT2D eigenvalue weighted by molar-refractivity contribution is 5.46. The van der Waals surface area contributed by atoms with Gasteiger partial charge in [-0.25, -0.2) is 0 Å². The third-order valence-electron chi connectivity index (χ3n) is 4.07. The lowest BCUT2D eigenvalue weighted by Gasteiger charge is -2.10. The molecule has 17 heavy (non-hydrogen) atoms. The summed E-state index contributed by atoms with van der Waals surface area (Å²) in [6, 6.07) is 6.15. The second-order valence-electron chi connectivity index (χ2n) is 5.26. The van der Waals surface area contributed by atoms with Crippen molar-refractivity contribution >= 4 is 0 Å².